The molecule has 0 aromatic heterocycles. The van der Waals surface area contributed by atoms with Crippen molar-refractivity contribution in [1.29, 1.82) is 0 Å². The van der Waals surface area contributed by atoms with Crippen LogP contribution in [-0.4, -0.2) is 13.2 Å². The lowest BCUT2D eigenvalue weighted by atomic mass is 9.81. The Bertz CT molecular complexity index is 725. The number of benzene rings is 2. The molecule has 2 nitrogen and oxygen atoms in total. The minimum atomic E-state index is 0.151. The summed E-state index contributed by atoms with van der Waals surface area (Å²) in [5.41, 5.74) is 4.26. The second kappa shape index (κ2) is 7.11. The van der Waals surface area contributed by atoms with Crippen LogP contribution in [0.4, 0.5) is 0 Å². The van der Waals surface area contributed by atoms with Crippen molar-refractivity contribution in [3.63, 3.8) is 0 Å². The lowest BCUT2D eigenvalue weighted by molar-refractivity contribution is 0.213. The molecule has 2 heteroatoms. The van der Waals surface area contributed by atoms with Crippen LogP contribution in [-0.2, 0) is 11.8 Å². The first-order valence-electron chi connectivity index (χ1n) is 9.32. The minimum absolute atomic E-state index is 0.151. The molecule has 3 rings (SSSR count). The van der Waals surface area contributed by atoms with Crippen LogP contribution in [0.5, 0.6) is 11.5 Å². The lowest BCUT2D eigenvalue weighted by Crippen LogP contribution is -2.22. The SMILES string of the molecule is CC(C)c1ccc2c(c1)OCC(Cc1ccccc1C(C)(C)C)CO2. The van der Waals surface area contributed by atoms with Gasteiger partial charge in [0.1, 0.15) is 0 Å². The Morgan fingerprint density at radius 2 is 1.64 bits per heavy atom. The van der Waals surface area contributed by atoms with Crippen LogP contribution < -0.4 is 9.47 Å². The van der Waals surface area contributed by atoms with E-state index < -0.39 is 0 Å². The molecule has 0 fully saturated rings. The molecule has 0 spiro atoms. The predicted molar refractivity (Wildman–Crippen MR) is 104 cm³/mol. The van der Waals surface area contributed by atoms with Crippen LogP contribution in [0, 0.1) is 5.92 Å². The van der Waals surface area contributed by atoms with Crippen LogP contribution in [0.25, 0.3) is 0 Å². The Balaban J connectivity index is 1.75. The molecule has 2 aromatic rings. The average molecular weight is 338 g/mol. The molecule has 1 aliphatic heterocycles. The van der Waals surface area contributed by atoms with Crippen LogP contribution >= 0.6 is 0 Å². The predicted octanol–water partition coefficient (Wildman–Crippen LogP) is 5.74. The summed E-state index contributed by atoms with van der Waals surface area (Å²) < 4.78 is 12.2. The van der Waals surface area contributed by atoms with Gasteiger partial charge in [-0.2, -0.15) is 0 Å². The standard InChI is InChI=1S/C23H30O2/c1-16(2)18-10-11-21-22(13-18)25-15-17(14-24-21)12-19-8-6-7-9-20(19)23(3,4)5/h6-11,13,16-17H,12,14-15H2,1-5H3. The molecule has 1 unspecified atom stereocenters. The van der Waals surface area contributed by atoms with Gasteiger partial charge in [0.25, 0.3) is 0 Å². The quantitative estimate of drug-likeness (QED) is 0.710. The molecule has 1 atom stereocenters. The van der Waals surface area contributed by atoms with Gasteiger partial charge >= 0.3 is 0 Å². The van der Waals surface area contributed by atoms with E-state index in [4.69, 9.17) is 9.47 Å². The van der Waals surface area contributed by atoms with Gasteiger partial charge in [-0.3, -0.25) is 0 Å². The van der Waals surface area contributed by atoms with E-state index in [-0.39, 0.29) is 5.41 Å². The van der Waals surface area contributed by atoms with E-state index in [1.54, 1.807) is 0 Å². The van der Waals surface area contributed by atoms with Crippen LogP contribution in [0.2, 0.25) is 0 Å². The van der Waals surface area contributed by atoms with Crippen LogP contribution in [0.15, 0.2) is 42.5 Å². The zero-order valence-electron chi connectivity index (χ0n) is 16.1. The third-order valence-corrected chi connectivity index (χ3v) is 4.92. The van der Waals surface area contributed by atoms with Crippen molar-refractivity contribution in [2.75, 3.05) is 13.2 Å². The Hall–Kier alpha value is -1.96. The molecule has 0 saturated carbocycles. The molecule has 0 saturated heterocycles. The zero-order valence-corrected chi connectivity index (χ0v) is 16.1. The highest BCUT2D eigenvalue weighted by Crippen LogP contribution is 2.34. The van der Waals surface area contributed by atoms with Crippen molar-refractivity contribution in [2.45, 2.75) is 52.4 Å². The normalized spacial score (nSPS) is 17.4. The van der Waals surface area contributed by atoms with Gasteiger partial charge in [-0.05, 0) is 46.6 Å². The van der Waals surface area contributed by atoms with Crippen molar-refractivity contribution in [3.8, 4) is 11.5 Å². The molecule has 0 aliphatic carbocycles. The van der Waals surface area contributed by atoms with E-state index in [0.717, 1.165) is 17.9 Å². The van der Waals surface area contributed by atoms with E-state index in [1.807, 2.05) is 0 Å². The first kappa shape index (κ1) is 17.8. The summed E-state index contributed by atoms with van der Waals surface area (Å²) in [7, 11) is 0. The summed E-state index contributed by atoms with van der Waals surface area (Å²) in [5.74, 6) is 2.61. The van der Waals surface area contributed by atoms with Gasteiger partial charge in [-0.15, -0.1) is 0 Å². The van der Waals surface area contributed by atoms with E-state index in [1.165, 1.54) is 16.7 Å². The number of hydrogen-bond donors (Lipinski definition) is 0. The second-order valence-electron chi connectivity index (χ2n) is 8.46. The second-order valence-corrected chi connectivity index (χ2v) is 8.46. The average Bonchev–Trinajstić information content (AvgIpc) is 2.76. The summed E-state index contributed by atoms with van der Waals surface area (Å²) in [6.07, 6.45) is 0.985. The van der Waals surface area contributed by atoms with Crippen LogP contribution in [0.1, 0.15) is 57.2 Å². The van der Waals surface area contributed by atoms with Crippen LogP contribution in [0.3, 0.4) is 0 Å². The third kappa shape index (κ3) is 4.18. The van der Waals surface area contributed by atoms with E-state index in [0.29, 0.717) is 25.0 Å². The van der Waals surface area contributed by atoms with E-state index in [2.05, 4.69) is 77.1 Å². The van der Waals surface area contributed by atoms with Crippen molar-refractivity contribution in [1.82, 2.24) is 0 Å². The maximum atomic E-state index is 6.12. The summed E-state index contributed by atoms with van der Waals surface area (Å²) in [4.78, 5) is 0. The largest absolute Gasteiger partial charge is 0.489 e. The molecule has 0 bridgehead atoms. The number of ether oxygens (including phenoxy) is 2. The molecule has 0 N–H and O–H groups in total. The van der Waals surface area contributed by atoms with Gasteiger partial charge in [0.15, 0.2) is 11.5 Å². The van der Waals surface area contributed by atoms with Crippen molar-refractivity contribution < 1.29 is 9.47 Å². The van der Waals surface area contributed by atoms with Gasteiger partial charge in [0.2, 0.25) is 0 Å². The fourth-order valence-electron chi connectivity index (χ4n) is 3.44. The molecule has 1 heterocycles. The van der Waals surface area contributed by atoms with Gasteiger partial charge in [-0.25, -0.2) is 0 Å². The number of fused-ring (bicyclic) bond motifs is 1. The first-order chi connectivity index (χ1) is 11.8. The van der Waals surface area contributed by atoms with Crippen molar-refractivity contribution in [2.24, 2.45) is 5.92 Å². The fraction of sp³-hybridized carbons (Fsp3) is 0.478. The summed E-state index contributed by atoms with van der Waals surface area (Å²) in [6, 6.07) is 15.1. The lowest BCUT2D eigenvalue weighted by Gasteiger charge is -2.24. The van der Waals surface area contributed by atoms with Gasteiger partial charge in [0, 0.05) is 5.92 Å². The summed E-state index contributed by atoms with van der Waals surface area (Å²) >= 11 is 0. The molecule has 0 amide bonds. The maximum Gasteiger partial charge on any atom is 0.161 e. The number of rotatable bonds is 3. The monoisotopic (exact) mass is 338 g/mol. The molecule has 134 valence electrons. The Morgan fingerprint density at radius 1 is 0.960 bits per heavy atom. The minimum Gasteiger partial charge on any atom is -0.489 e. The maximum absolute atomic E-state index is 6.12. The van der Waals surface area contributed by atoms with Gasteiger partial charge in [-0.1, -0.05) is 65.0 Å². The first-order valence-corrected chi connectivity index (χ1v) is 9.32. The van der Waals surface area contributed by atoms with Gasteiger partial charge < -0.3 is 9.47 Å². The fourth-order valence-corrected chi connectivity index (χ4v) is 3.44. The molecule has 2 aromatic carbocycles. The third-order valence-electron chi connectivity index (χ3n) is 4.92. The molecule has 0 radical (unpaired) electrons. The Kier molecular flexibility index (Phi) is 5.08. The summed E-state index contributed by atoms with van der Waals surface area (Å²) in [5, 5.41) is 0. The summed E-state index contributed by atoms with van der Waals surface area (Å²) in [6.45, 7) is 12.6. The smallest absolute Gasteiger partial charge is 0.161 e. The highest BCUT2D eigenvalue weighted by atomic mass is 16.5. The Morgan fingerprint density at radius 3 is 2.32 bits per heavy atom. The van der Waals surface area contributed by atoms with Crippen molar-refractivity contribution >= 4 is 0 Å². The highest BCUT2D eigenvalue weighted by Gasteiger charge is 2.23. The molecule has 25 heavy (non-hydrogen) atoms. The Labute approximate surface area is 152 Å². The topological polar surface area (TPSA) is 18.5 Å². The molecular weight excluding hydrogens is 308 g/mol. The van der Waals surface area contributed by atoms with E-state index in [9.17, 15) is 0 Å². The molecule has 1 aliphatic rings. The molecular formula is C23H30O2. The van der Waals surface area contributed by atoms with E-state index >= 15 is 0 Å². The van der Waals surface area contributed by atoms with Crippen molar-refractivity contribution in [3.05, 3.63) is 59.2 Å². The zero-order chi connectivity index (χ0) is 18.0. The number of hydrogen-bond acceptors (Lipinski definition) is 2. The highest BCUT2D eigenvalue weighted by molar-refractivity contribution is 5.44. The van der Waals surface area contributed by atoms with Gasteiger partial charge in [0.05, 0.1) is 13.2 Å².